The molecule has 7 heteroatoms. The molecular formula is C9H6F3N3O. The third-order valence-corrected chi connectivity index (χ3v) is 1.79. The standard InChI is InChI=1S/C9H6F3N3O/c10-9(11,12)7-3-1-2-6(4-7)8(16)5-14-15-13/h1-4H,5H2. The van der Waals surface area contributed by atoms with E-state index in [2.05, 4.69) is 10.0 Å². The van der Waals surface area contributed by atoms with Crippen LogP contribution in [0.1, 0.15) is 15.9 Å². The molecule has 1 rings (SSSR count). The Labute approximate surface area is 88.3 Å². The Morgan fingerprint density at radius 3 is 2.69 bits per heavy atom. The number of benzene rings is 1. The third-order valence-electron chi connectivity index (χ3n) is 1.79. The number of azide groups is 1. The van der Waals surface area contributed by atoms with Crippen molar-refractivity contribution >= 4 is 5.78 Å². The number of Topliss-reactive ketones (excluding diaryl/α,β-unsaturated/α-hetero) is 1. The van der Waals surface area contributed by atoms with Crippen molar-refractivity contribution in [3.8, 4) is 0 Å². The van der Waals surface area contributed by atoms with Gasteiger partial charge in [0.1, 0.15) is 0 Å². The highest BCUT2D eigenvalue weighted by Crippen LogP contribution is 2.29. The topological polar surface area (TPSA) is 65.8 Å². The number of hydrogen-bond donors (Lipinski definition) is 0. The Balaban J connectivity index is 2.99. The van der Waals surface area contributed by atoms with E-state index in [-0.39, 0.29) is 5.56 Å². The van der Waals surface area contributed by atoms with Gasteiger partial charge in [0.2, 0.25) is 0 Å². The molecule has 0 heterocycles. The van der Waals surface area contributed by atoms with Gasteiger partial charge in [0.15, 0.2) is 5.78 Å². The number of rotatable bonds is 3. The summed E-state index contributed by atoms with van der Waals surface area (Å²) >= 11 is 0. The molecule has 0 radical (unpaired) electrons. The van der Waals surface area contributed by atoms with Crippen molar-refractivity contribution < 1.29 is 18.0 Å². The smallest absolute Gasteiger partial charge is 0.294 e. The van der Waals surface area contributed by atoms with Crippen LogP contribution in [-0.4, -0.2) is 12.3 Å². The predicted octanol–water partition coefficient (Wildman–Crippen LogP) is 3.20. The molecule has 0 fully saturated rings. The monoisotopic (exact) mass is 229 g/mol. The Kier molecular flexibility index (Phi) is 3.52. The molecule has 0 aliphatic rings. The van der Waals surface area contributed by atoms with E-state index >= 15 is 0 Å². The molecule has 0 bridgehead atoms. The third kappa shape index (κ3) is 2.99. The molecule has 0 atom stereocenters. The molecule has 0 spiro atoms. The number of ketones is 1. The molecule has 0 aromatic heterocycles. The van der Waals surface area contributed by atoms with Crippen LogP contribution in [0.2, 0.25) is 0 Å². The first-order valence-corrected chi connectivity index (χ1v) is 4.16. The summed E-state index contributed by atoms with van der Waals surface area (Å²) in [4.78, 5) is 13.6. The molecule has 0 saturated carbocycles. The van der Waals surface area contributed by atoms with Crippen molar-refractivity contribution in [1.29, 1.82) is 0 Å². The van der Waals surface area contributed by atoms with Gasteiger partial charge in [-0.2, -0.15) is 13.2 Å². The molecule has 84 valence electrons. The van der Waals surface area contributed by atoms with Crippen molar-refractivity contribution in [2.75, 3.05) is 6.54 Å². The normalized spacial score (nSPS) is 10.7. The highest BCUT2D eigenvalue weighted by Gasteiger charge is 2.30. The van der Waals surface area contributed by atoms with Crippen LogP contribution in [0.3, 0.4) is 0 Å². The fourth-order valence-corrected chi connectivity index (χ4v) is 1.06. The molecule has 4 nitrogen and oxygen atoms in total. The second kappa shape index (κ2) is 4.67. The van der Waals surface area contributed by atoms with Gasteiger partial charge in [-0.3, -0.25) is 4.79 Å². The van der Waals surface area contributed by atoms with Crippen LogP contribution >= 0.6 is 0 Å². The lowest BCUT2D eigenvalue weighted by atomic mass is 10.1. The van der Waals surface area contributed by atoms with Gasteiger partial charge in [0.05, 0.1) is 12.1 Å². The molecule has 0 amide bonds. The molecule has 0 saturated heterocycles. The van der Waals surface area contributed by atoms with Gasteiger partial charge in [0, 0.05) is 10.5 Å². The average molecular weight is 229 g/mol. The molecule has 1 aromatic carbocycles. The number of carbonyl (C=O) groups excluding carboxylic acids is 1. The van der Waals surface area contributed by atoms with Gasteiger partial charge in [0.25, 0.3) is 0 Å². The average Bonchev–Trinajstić information content (AvgIpc) is 2.25. The van der Waals surface area contributed by atoms with E-state index in [9.17, 15) is 18.0 Å². The maximum absolute atomic E-state index is 12.3. The summed E-state index contributed by atoms with van der Waals surface area (Å²) in [5, 5.41) is 2.99. The lowest BCUT2D eigenvalue weighted by molar-refractivity contribution is -0.137. The highest BCUT2D eigenvalue weighted by molar-refractivity contribution is 5.97. The lowest BCUT2D eigenvalue weighted by Crippen LogP contribution is -2.08. The molecular weight excluding hydrogens is 223 g/mol. The molecule has 16 heavy (non-hydrogen) atoms. The maximum atomic E-state index is 12.3. The summed E-state index contributed by atoms with van der Waals surface area (Å²) in [6, 6.07) is 3.97. The van der Waals surface area contributed by atoms with Gasteiger partial charge < -0.3 is 0 Å². The lowest BCUT2D eigenvalue weighted by Gasteiger charge is -2.07. The molecule has 0 unspecified atom stereocenters. The van der Waals surface area contributed by atoms with Crippen LogP contribution in [0.15, 0.2) is 29.4 Å². The number of alkyl halides is 3. The first kappa shape index (κ1) is 12.1. The van der Waals surface area contributed by atoms with E-state index < -0.39 is 24.1 Å². The van der Waals surface area contributed by atoms with Gasteiger partial charge in [-0.1, -0.05) is 17.2 Å². The van der Waals surface area contributed by atoms with Crippen molar-refractivity contribution in [1.82, 2.24) is 0 Å². The number of carbonyl (C=O) groups is 1. The summed E-state index contributed by atoms with van der Waals surface area (Å²) < 4.78 is 36.9. The highest BCUT2D eigenvalue weighted by atomic mass is 19.4. The van der Waals surface area contributed by atoms with Crippen LogP contribution in [0.5, 0.6) is 0 Å². The summed E-state index contributed by atoms with van der Waals surface area (Å²) in [7, 11) is 0. The Hall–Kier alpha value is -2.01. The predicted molar refractivity (Wildman–Crippen MR) is 49.8 cm³/mol. The van der Waals surface area contributed by atoms with Gasteiger partial charge in [-0.25, -0.2) is 0 Å². The zero-order chi connectivity index (χ0) is 12.2. The molecule has 0 N–H and O–H groups in total. The van der Waals surface area contributed by atoms with Gasteiger partial charge in [-0.05, 0) is 17.7 Å². The fourth-order valence-electron chi connectivity index (χ4n) is 1.06. The SMILES string of the molecule is [N-]=[N+]=NCC(=O)c1cccc(C(F)(F)F)c1. The minimum atomic E-state index is -4.49. The van der Waals surface area contributed by atoms with E-state index in [1.54, 1.807) is 0 Å². The minimum absolute atomic E-state index is 0.123. The first-order valence-electron chi connectivity index (χ1n) is 4.16. The summed E-state index contributed by atoms with van der Waals surface area (Å²) in [6.45, 7) is -0.488. The van der Waals surface area contributed by atoms with Crippen molar-refractivity contribution in [3.05, 3.63) is 45.8 Å². The minimum Gasteiger partial charge on any atom is -0.294 e. The zero-order valence-corrected chi connectivity index (χ0v) is 7.90. The summed E-state index contributed by atoms with van der Waals surface area (Å²) in [6.07, 6.45) is -4.49. The summed E-state index contributed by atoms with van der Waals surface area (Å²) in [5.74, 6) is -0.649. The van der Waals surface area contributed by atoms with Gasteiger partial charge >= 0.3 is 6.18 Å². The number of nitrogens with zero attached hydrogens (tertiary/aromatic N) is 3. The molecule has 1 aromatic rings. The zero-order valence-electron chi connectivity index (χ0n) is 7.90. The second-order valence-corrected chi connectivity index (χ2v) is 2.89. The number of halogens is 3. The molecule has 0 aliphatic carbocycles. The van der Waals surface area contributed by atoms with Crippen molar-refractivity contribution in [2.45, 2.75) is 6.18 Å². The van der Waals surface area contributed by atoms with Crippen LogP contribution in [0, 0.1) is 0 Å². The van der Waals surface area contributed by atoms with Crippen LogP contribution in [0.4, 0.5) is 13.2 Å². The largest absolute Gasteiger partial charge is 0.416 e. The van der Waals surface area contributed by atoms with Gasteiger partial charge in [-0.15, -0.1) is 0 Å². The van der Waals surface area contributed by atoms with E-state index in [1.807, 2.05) is 0 Å². The van der Waals surface area contributed by atoms with Crippen molar-refractivity contribution in [3.63, 3.8) is 0 Å². The first-order chi connectivity index (χ1) is 7.45. The van der Waals surface area contributed by atoms with E-state index in [0.717, 1.165) is 18.2 Å². The van der Waals surface area contributed by atoms with Crippen LogP contribution in [-0.2, 0) is 6.18 Å². The summed E-state index contributed by atoms with van der Waals surface area (Å²) in [5.41, 5.74) is 6.95. The second-order valence-electron chi connectivity index (χ2n) is 2.89. The van der Waals surface area contributed by atoms with E-state index in [4.69, 9.17) is 5.53 Å². The Bertz CT molecular complexity index is 450. The van der Waals surface area contributed by atoms with E-state index in [1.165, 1.54) is 6.07 Å². The van der Waals surface area contributed by atoms with Crippen molar-refractivity contribution in [2.24, 2.45) is 5.11 Å². The maximum Gasteiger partial charge on any atom is 0.416 e. The van der Waals surface area contributed by atoms with E-state index in [0.29, 0.717) is 0 Å². The Morgan fingerprint density at radius 1 is 1.44 bits per heavy atom. The van der Waals surface area contributed by atoms with Crippen LogP contribution in [0.25, 0.3) is 10.4 Å². The fraction of sp³-hybridized carbons (Fsp3) is 0.222. The van der Waals surface area contributed by atoms with Crippen LogP contribution < -0.4 is 0 Å². The number of hydrogen-bond acceptors (Lipinski definition) is 2. The Morgan fingerprint density at radius 2 is 2.12 bits per heavy atom. The quantitative estimate of drug-likeness (QED) is 0.339. The molecule has 0 aliphatic heterocycles.